The van der Waals surface area contributed by atoms with Gasteiger partial charge in [-0.1, -0.05) is 39.0 Å². The van der Waals surface area contributed by atoms with Gasteiger partial charge in [-0.2, -0.15) is 0 Å². The minimum Gasteiger partial charge on any atom is -0.454 e. The highest BCUT2D eigenvalue weighted by Gasteiger charge is 2.60. The van der Waals surface area contributed by atoms with Gasteiger partial charge in [0.1, 0.15) is 6.10 Å². The number of fused-ring (bicyclic) bond motifs is 1. The smallest absolute Gasteiger partial charge is 0.338 e. The van der Waals surface area contributed by atoms with Crippen molar-refractivity contribution in [1.29, 1.82) is 0 Å². The van der Waals surface area contributed by atoms with Crippen LogP contribution in [0.5, 0.6) is 0 Å². The van der Waals surface area contributed by atoms with Crippen molar-refractivity contribution < 1.29 is 19.7 Å². The molecule has 0 spiro atoms. The monoisotopic (exact) mass is 358 g/mol. The summed E-state index contributed by atoms with van der Waals surface area (Å²) in [5.41, 5.74) is 0.0969. The Bertz CT molecular complexity index is 695. The third-order valence-corrected chi connectivity index (χ3v) is 6.58. The molecule has 5 atom stereocenters. The van der Waals surface area contributed by atoms with E-state index >= 15 is 0 Å². The lowest BCUT2D eigenvalue weighted by atomic mass is 9.67. The van der Waals surface area contributed by atoms with E-state index in [9.17, 15) is 15.0 Å². The van der Waals surface area contributed by atoms with Crippen LogP contribution in [0, 0.1) is 17.3 Å². The van der Waals surface area contributed by atoms with Crippen molar-refractivity contribution in [1.82, 2.24) is 0 Å². The highest BCUT2D eigenvalue weighted by molar-refractivity contribution is 5.89. The predicted octanol–water partition coefficient (Wildman–Crippen LogP) is 3.73. The molecule has 1 fully saturated rings. The number of benzene rings is 1. The summed E-state index contributed by atoms with van der Waals surface area (Å²) >= 11 is 0. The Labute approximate surface area is 155 Å². The van der Waals surface area contributed by atoms with Gasteiger partial charge in [-0.15, -0.1) is 0 Å². The largest absolute Gasteiger partial charge is 0.454 e. The first-order valence-corrected chi connectivity index (χ1v) is 9.52. The summed E-state index contributed by atoms with van der Waals surface area (Å²) in [7, 11) is 0. The van der Waals surface area contributed by atoms with E-state index in [-0.39, 0.29) is 17.3 Å². The van der Waals surface area contributed by atoms with Crippen LogP contribution in [0.25, 0.3) is 0 Å². The van der Waals surface area contributed by atoms with Gasteiger partial charge in [0.15, 0.2) is 0 Å². The zero-order valence-electron chi connectivity index (χ0n) is 16.1. The van der Waals surface area contributed by atoms with Gasteiger partial charge in [-0.25, -0.2) is 4.79 Å². The van der Waals surface area contributed by atoms with Crippen molar-refractivity contribution in [3.05, 3.63) is 47.5 Å². The highest BCUT2D eigenvalue weighted by atomic mass is 16.5. The van der Waals surface area contributed by atoms with E-state index in [4.69, 9.17) is 4.74 Å². The van der Waals surface area contributed by atoms with Crippen molar-refractivity contribution in [3.63, 3.8) is 0 Å². The summed E-state index contributed by atoms with van der Waals surface area (Å²) in [5, 5.41) is 22.0. The number of hydrogen-bond acceptors (Lipinski definition) is 4. The lowest BCUT2D eigenvalue weighted by molar-refractivity contribution is -0.104. The second kappa shape index (κ2) is 6.82. The molecule has 0 aromatic heterocycles. The predicted molar refractivity (Wildman–Crippen MR) is 101 cm³/mol. The summed E-state index contributed by atoms with van der Waals surface area (Å²) in [6, 6.07) is 8.92. The quantitative estimate of drug-likeness (QED) is 0.638. The van der Waals surface area contributed by atoms with Gasteiger partial charge in [0.05, 0.1) is 17.3 Å². The molecule has 0 bridgehead atoms. The van der Waals surface area contributed by atoms with Crippen LogP contribution in [0.2, 0.25) is 0 Å². The van der Waals surface area contributed by atoms with Crippen molar-refractivity contribution in [2.75, 3.05) is 0 Å². The average molecular weight is 358 g/mol. The molecule has 2 aliphatic rings. The normalized spacial score (nSPS) is 37.0. The summed E-state index contributed by atoms with van der Waals surface area (Å²) in [6.07, 6.45) is 2.76. The maximum absolute atomic E-state index is 12.7. The highest BCUT2D eigenvalue weighted by Crippen LogP contribution is 2.58. The summed E-state index contributed by atoms with van der Waals surface area (Å²) in [4.78, 5) is 12.7. The molecule has 142 valence electrons. The molecule has 0 heterocycles. The molecule has 3 rings (SSSR count). The van der Waals surface area contributed by atoms with Crippen molar-refractivity contribution in [2.45, 2.75) is 64.8 Å². The van der Waals surface area contributed by atoms with Gasteiger partial charge in [0, 0.05) is 5.92 Å². The van der Waals surface area contributed by atoms with Crippen LogP contribution in [0.15, 0.2) is 42.0 Å². The van der Waals surface area contributed by atoms with Crippen LogP contribution < -0.4 is 0 Å². The van der Waals surface area contributed by atoms with Crippen LogP contribution in [0.4, 0.5) is 0 Å². The number of carbonyl (C=O) groups is 1. The van der Waals surface area contributed by atoms with E-state index in [0.29, 0.717) is 18.4 Å². The first kappa shape index (κ1) is 19.1. The maximum Gasteiger partial charge on any atom is 0.338 e. The van der Waals surface area contributed by atoms with E-state index in [1.54, 1.807) is 24.3 Å². The van der Waals surface area contributed by atoms with Gasteiger partial charge >= 0.3 is 5.97 Å². The number of aliphatic hydroxyl groups is 2. The fourth-order valence-corrected chi connectivity index (χ4v) is 4.90. The number of hydrogen-bond donors (Lipinski definition) is 2. The second-order valence-electron chi connectivity index (χ2n) is 8.64. The molecular weight excluding hydrogens is 328 g/mol. The third kappa shape index (κ3) is 3.21. The number of esters is 1. The molecule has 1 aromatic rings. The zero-order valence-corrected chi connectivity index (χ0v) is 16.1. The van der Waals surface area contributed by atoms with Crippen LogP contribution in [-0.2, 0) is 4.74 Å². The SMILES string of the molecule is CC1=CC(OC(=O)c2ccccc2)C2C(C)(CCC2(O)C(C)C)CC1O. The van der Waals surface area contributed by atoms with Crippen molar-refractivity contribution in [2.24, 2.45) is 17.3 Å². The second-order valence-corrected chi connectivity index (χ2v) is 8.64. The zero-order chi connectivity index (χ0) is 19.1. The van der Waals surface area contributed by atoms with E-state index in [2.05, 4.69) is 6.92 Å². The number of ether oxygens (including phenoxy) is 1. The molecule has 1 aromatic carbocycles. The van der Waals surface area contributed by atoms with Crippen LogP contribution in [0.3, 0.4) is 0 Å². The average Bonchev–Trinajstić information content (AvgIpc) is 2.82. The van der Waals surface area contributed by atoms with Crippen LogP contribution in [0.1, 0.15) is 57.3 Å². The number of rotatable bonds is 3. The summed E-state index contributed by atoms with van der Waals surface area (Å²) < 4.78 is 5.91. The van der Waals surface area contributed by atoms with Gasteiger partial charge in [-0.05, 0) is 61.3 Å². The summed E-state index contributed by atoms with van der Waals surface area (Å²) in [6.45, 7) is 8.00. The Hall–Kier alpha value is -1.65. The van der Waals surface area contributed by atoms with Crippen LogP contribution >= 0.6 is 0 Å². The number of carbonyl (C=O) groups excluding carboxylic acids is 1. The molecule has 2 aliphatic carbocycles. The van der Waals surface area contributed by atoms with Gasteiger partial charge in [0.2, 0.25) is 0 Å². The van der Waals surface area contributed by atoms with Gasteiger partial charge < -0.3 is 14.9 Å². The first-order chi connectivity index (χ1) is 12.2. The van der Waals surface area contributed by atoms with Gasteiger partial charge in [-0.3, -0.25) is 0 Å². The molecule has 4 heteroatoms. The fraction of sp³-hybridized carbons (Fsp3) is 0.591. The molecule has 0 aliphatic heterocycles. The van der Waals surface area contributed by atoms with E-state index in [1.807, 2.05) is 32.9 Å². The van der Waals surface area contributed by atoms with E-state index in [0.717, 1.165) is 12.0 Å². The maximum atomic E-state index is 12.7. The van der Waals surface area contributed by atoms with Crippen molar-refractivity contribution in [3.8, 4) is 0 Å². The number of aliphatic hydroxyl groups excluding tert-OH is 1. The lowest BCUT2D eigenvalue weighted by Crippen LogP contribution is -2.50. The topological polar surface area (TPSA) is 66.8 Å². The summed E-state index contributed by atoms with van der Waals surface area (Å²) in [5.74, 6) is -0.595. The Kier molecular flexibility index (Phi) is 5.02. The molecule has 0 amide bonds. The molecule has 0 radical (unpaired) electrons. The minimum absolute atomic E-state index is 0.0381. The Morgan fingerprint density at radius 2 is 1.88 bits per heavy atom. The first-order valence-electron chi connectivity index (χ1n) is 9.52. The molecule has 0 saturated heterocycles. The molecular formula is C22H30O4. The molecule has 4 nitrogen and oxygen atoms in total. The molecule has 1 saturated carbocycles. The van der Waals surface area contributed by atoms with Crippen LogP contribution in [-0.4, -0.2) is 34.0 Å². The molecule has 5 unspecified atom stereocenters. The minimum atomic E-state index is -0.919. The van der Waals surface area contributed by atoms with E-state index in [1.165, 1.54) is 0 Å². The third-order valence-electron chi connectivity index (χ3n) is 6.58. The lowest BCUT2D eigenvalue weighted by Gasteiger charge is -2.43. The Morgan fingerprint density at radius 3 is 2.50 bits per heavy atom. The molecule has 26 heavy (non-hydrogen) atoms. The van der Waals surface area contributed by atoms with Gasteiger partial charge in [0.25, 0.3) is 0 Å². The Balaban J connectivity index is 1.99. The Morgan fingerprint density at radius 1 is 1.23 bits per heavy atom. The van der Waals surface area contributed by atoms with E-state index < -0.39 is 23.8 Å². The standard InChI is InChI=1S/C22H30O4/c1-14(2)22(25)11-10-21(4)13-17(23)15(3)12-18(19(21)22)26-20(24)16-8-6-5-7-9-16/h5-9,12,14,17-19,23,25H,10-11,13H2,1-4H3. The fourth-order valence-electron chi connectivity index (χ4n) is 4.90. The van der Waals surface area contributed by atoms with Crippen molar-refractivity contribution >= 4 is 5.97 Å². The molecule has 2 N–H and O–H groups in total.